The number of allylic oxidation sites excluding steroid dienone is 1. The fourth-order valence-electron chi connectivity index (χ4n) is 4.25. The van der Waals surface area contributed by atoms with Crippen molar-refractivity contribution < 1.29 is 18.8 Å². The number of hydrogen-bond acceptors (Lipinski definition) is 5. The minimum Gasteiger partial charge on any atom is -0.493 e. The van der Waals surface area contributed by atoms with Crippen LogP contribution in [0, 0.1) is 11.8 Å². The number of aromatic nitrogens is 1. The molecule has 4 rings (SSSR count). The van der Waals surface area contributed by atoms with Gasteiger partial charge in [-0.15, -0.1) is 0 Å². The van der Waals surface area contributed by atoms with Crippen LogP contribution in [0.4, 0.5) is 4.79 Å². The standard InChI is InChI=1S/C26H36N2O4/c1-5-6-21-23(30-17-19-7-8-19)12-10-20-22(27-32-24(20)21)11-9-18-13-15-28(16-14-18)25(29)31-26(2,3)4/h5-6,10,12,18-19H,7-9,11,13-17H2,1-4H3/b6-5-. The Hall–Kier alpha value is -2.50. The maximum absolute atomic E-state index is 12.3. The molecule has 2 heterocycles. The van der Waals surface area contributed by atoms with E-state index in [4.69, 9.17) is 14.0 Å². The van der Waals surface area contributed by atoms with E-state index in [1.807, 2.05) is 44.7 Å². The van der Waals surface area contributed by atoms with E-state index in [1.54, 1.807) is 0 Å². The second kappa shape index (κ2) is 9.55. The van der Waals surface area contributed by atoms with Gasteiger partial charge in [-0.25, -0.2) is 4.79 Å². The van der Waals surface area contributed by atoms with Crippen LogP contribution >= 0.6 is 0 Å². The van der Waals surface area contributed by atoms with E-state index in [0.29, 0.717) is 11.8 Å². The number of rotatable bonds is 7. The van der Waals surface area contributed by atoms with E-state index >= 15 is 0 Å². The Morgan fingerprint density at radius 1 is 1.19 bits per heavy atom. The van der Waals surface area contributed by atoms with Gasteiger partial charge in [0.2, 0.25) is 0 Å². The van der Waals surface area contributed by atoms with E-state index in [-0.39, 0.29) is 6.09 Å². The summed E-state index contributed by atoms with van der Waals surface area (Å²) in [7, 11) is 0. The van der Waals surface area contributed by atoms with Crippen molar-refractivity contribution >= 4 is 23.1 Å². The summed E-state index contributed by atoms with van der Waals surface area (Å²) < 4.78 is 17.3. The van der Waals surface area contributed by atoms with E-state index in [0.717, 1.165) is 73.4 Å². The van der Waals surface area contributed by atoms with Crippen molar-refractivity contribution in [3.63, 3.8) is 0 Å². The summed E-state index contributed by atoms with van der Waals surface area (Å²) in [6.45, 7) is 10.0. The number of carbonyl (C=O) groups is 1. The van der Waals surface area contributed by atoms with E-state index < -0.39 is 5.60 Å². The van der Waals surface area contributed by atoms with Crippen molar-refractivity contribution in [1.82, 2.24) is 10.1 Å². The van der Waals surface area contributed by atoms with Crippen LogP contribution in [0.25, 0.3) is 17.0 Å². The zero-order valence-electron chi connectivity index (χ0n) is 19.9. The number of amides is 1. The van der Waals surface area contributed by atoms with E-state index in [2.05, 4.69) is 17.3 Å². The molecule has 0 spiro atoms. The van der Waals surface area contributed by atoms with Crippen LogP contribution in [0.15, 0.2) is 22.7 Å². The first-order chi connectivity index (χ1) is 15.3. The zero-order valence-corrected chi connectivity index (χ0v) is 19.9. The fourth-order valence-corrected chi connectivity index (χ4v) is 4.25. The average molecular weight is 441 g/mol. The molecule has 6 nitrogen and oxygen atoms in total. The minimum absolute atomic E-state index is 0.199. The first-order valence-corrected chi connectivity index (χ1v) is 12.0. The zero-order chi connectivity index (χ0) is 22.7. The molecule has 1 amide bonds. The first-order valence-electron chi connectivity index (χ1n) is 12.0. The van der Waals surface area contributed by atoms with Crippen LogP contribution < -0.4 is 4.74 Å². The van der Waals surface area contributed by atoms with Crippen LogP contribution in [0.1, 0.15) is 71.1 Å². The van der Waals surface area contributed by atoms with Crippen molar-refractivity contribution in [2.75, 3.05) is 19.7 Å². The molecule has 32 heavy (non-hydrogen) atoms. The smallest absolute Gasteiger partial charge is 0.410 e. The molecule has 1 aliphatic carbocycles. The van der Waals surface area contributed by atoms with Gasteiger partial charge in [0.25, 0.3) is 0 Å². The van der Waals surface area contributed by atoms with Crippen LogP contribution in [0.5, 0.6) is 5.75 Å². The van der Waals surface area contributed by atoms with E-state index in [9.17, 15) is 4.79 Å². The summed E-state index contributed by atoms with van der Waals surface area (Å²) in [5.74, 6) is 2.16. The molecule has 2 aliphatic rings. The Morgan fingerprint density at radius 2 is 1.94 bits per heavy atom. The molecule has 2 aromatic rings. The number of fused-ring (bicyclic) bond motifs is 1. The second-order valence-corrected chi connectivity index (χ2v) is 10.2. The molecule has 0 N–H and O–H groups in total. The number of piperidine rings is 1. The lowest BCUT2D eigenvalue weighted by Gasteiger charge is -2.33. The summed E-state index contributed by atoms with van der Waals surface area (Å²) in [6, 6.07) is 4.14. The maximum atomic E-state index is 12.3. The first kappa shape index (κ1) is 22.7. The molecule has 1 saturated carbocycles. The number of benzene rings is 1. The molecule has 2 fully saturated rings. The van der Waals surface area contributed by atoms with Crippen molar-refractivity contribution in [2.24, 2.45) is 11.8 Å². The van der Waals surface area contributed by atoms with E-state index in [1.165, 1.54) is 12.8 Å². The maximum Gasteiger partial charge on any atom is 0.410 e. The predicted molar refractivity (Wildman–Crippen MR) is 126 cm³/mol. The van der Waals surface area contributed by atoms with Gasteiger partial charge in [-0.1, -0.05) is 17.3 Å². The second-order valence-electron chi connectivity index (χ2n) is 10.2. The monoisotopic (exact) mass is 440 g/mol. The molecular weight excluding hydrogens is 404 g/mol. The van der Waals surface area contributed by atoms with Crippen LogP contribution in [0.3, 0.4) is 0 Å². The van der Waals surface area contributed by atoms with Gasteiger partial charge in [0.15, 0.2) is 5.58 Å². The number of carbonyl (C=O) groups excluding carboxylic acids is 1. The highest BCUT2D eigenvalue weighted by Crippen LogP contribution is 2.35. The number of nitrogens with zero attached hydrogens (tertiary/aromatic N) is 2. The quantitative estimate of drug-likeness (QED) is 0.511. The summed E-state index contributed by atoms with van der Waals surface area (Å²) in [5.41, 5.74) is 2.35. The van der Waals surface area contributed by atoms with Gasteiger partial charge >= 0.3 is 6.09 Å². The lowest BCUT2D eigenvalue weighted by molar-refractivity contribution is 0.0181. The van der Waals surface area contributed by atoms with Gasteiger partial charge in [-0.2, -0.15) is 0 Å². The number of likely N-dealkylation sites (tertiary alicyclic amines) is 1. The molecule has 1 saturated heterocycles. The lowest BCUT2D eigenvalue weighted by Crippen LogP contribution is -2.41. The van der Waals surface area contributed by atoms with Gasteiger partial charge in [0, 0.05) is 18.5 Å². The van der Waals surface area contributed by atoms with Crippen molar-refractivity contribution in [1.29, 1.82) is 0 Å². The highest BCUT2D eigenvalue weighted by Gasteiger charge is 2.27. The molecule has 1 aromatic carbocycles. The third-order valence-corrected chi connectivity index (χ3v) is 6.27. The van der Waals surface area contributed by atoms with Crippen LogP contribution in [-0.2, 0) is 11.2 Å². The summed E-state index contributed by atoms with van der Waals surface area (Å²) >= 11 is 0. The molecule has 6 heteroatoms. The Labute approximate surface area is 190 Å². The van der Waals surface area contributed by atoms with Crippen molar-refractivity contribution in [2.45, 2.75) is 71.8 Å². The topological polar surface area (TPSA) is 64.8 Å². The Bertz CT molecular complexity index is 960. The summed E-state index contributed by atoms with van der Waals surface area (Å²) in [6.07, 6.45) is 10.3. The normalized spacial score (nSPS) is 17.9. The summed E-state index contributed by atoms with van der Waals surface area (Å²) in [5, 5.41) is 5.48. The highest BCUT2D eigenvalue weighted by atomic mass is 16.6. The van der Waals surface area contributed by atoms with Gasteiger partial charge < -0.3 is 18.9 Å². The molecule has 1 aliphatic heterocycles. The van der Waals surface area contributed by atoms with Gasteiger partial charge in [0.1, 0.15) is 11.4 Å². The van der Waals surface area contributed by atoms with Crippen LogP contribution in [0.2, 0.25) is 0 Å². The average Bonchev–Trinajstić information content (AvgIpc) is 3.49. The van der Waals surface area contributed by atoms with Gasteiger partial charge in [0.05, 0.1) is 17.9 Å². The molecule has 174 valence electrons. The van der Waals surface area contributed by atoms with Gasteiger partial charge in [-0.3, -0.25) is 0 Å². The van der Waals surface area contributed by atoms with Crippen molar-refractivity contribution in [3.8, 4) is 5.75 Å². The molecule has 0 unspecified atom stereocenters. The number of ether oxygens (including phenoxy) is 2. The molecule has 0 atom stereocenters. The lowest BCUT2D eigenvalue weighted by atomic mass is 9.91. The molecular formula is C26H36N2O4. The number of aryl methyl sites for hydroxylation is 1. The molecule has 0 radical (unpaired) electrons. The predicted octanol–water partition coefficient (Wildman–Crippen LogP) is 6.23. The molecule has 1 aromatic heterocycles. The van der Waals surface area contributed by atoms with Crippen LogP contribution in [-0.4, -0.2) is 41.4 Å². The third kappa shape index (κ3) is 5.64. The Kier molecular flexibility index (Phi) is 6.77. The number of hydrogen-bond donors (Lipinski definition) is 0. The SMILES string of the molecule is C/C=C\c1c(OCC2CC2)ccc2c(CCC3CCN(C(=O)OC(C)(C)C)CC3)noc12. The third-order valence-electron chi connectivity index (χ3n) is 6.27. The largest absolute Gasteiger partial charge is 0.493 e. The fraction of sp³-hybridized carbons (Fsp3) is 0.615. The molecule has 0 bridgehead atoms. The minimum atomic E-state index is -0.448. The Morgan fingerprint density at radius 3 is 2.59 bits per heavy atom. The Balaban J connectivity index is 1.36. The van der Waals surface area contributed by atoms with Gasteiger partial charge in [-0.05, 0) is 90.2 Å². The summed E-state index contributed by atoms with van der Waals surface area (Å²) in [4.78, 5) is 14.1. The van der Waals surface area contributed by atoms with Crippen molar-refractivity contribution in [3.05, 3.63) is 29.5 Å². The highest BCUT2D eigenvalue weighted by molar-refractivity contribution is 5.90.